The Kier molecular flexibility index (Phi) is 6.42. The first-order valence-corrected chi connectivity index (χ1v) is 10.8. The number of nitrogens with zero attached hydrogens (tertiary/aromatic N) is 2. The van der Waals surface area contributed by atoms with E-state index in [2.05, 4.69) is 19.2 Å². The molecule has 152 valence electrons. The maximum absolute atomic E-state index is 13.4. The number of fused-ring (bicyclic) bond motifs is 1. The summed E-state index contributed by atoms with van der Waals surface area (Å²) >= 11 is 1.29. The number of rotatable bonds is 6. The van der Waals surface area contributed by atoms with Crippen LogP contribution in [0.2, 0.25) is 0 Å². The van der Waals surface area contributed by atoms with E-state index < -0.39 is 0 Å². The van der Waals surface area contributed by atoms with Gasteiger partial charge >= 0.3 is 0 Å². The van der Waals surface area contributed by atoms with Gasteiger partial charge in [-0.1, -0.05) is 55.9 Å². The maximum atomic E-state index is 13.4. The number of benzene rings is 2. The van der Waals surface area contributed by atoms with Crippen LogP contribution in [0.5, 0.6) is 0 Å². The molecule has 0 unspecified atom stereocenters. The normalized spacial score (nSPS) is 12.3. The van der Waals surface area contributed by atoms with Gasteiger partial charge in [0.2, 0.25) is 5.91 Å². The van der Waals surface area contributed by atoms with Crippen LogP contribution in [0.4, 0.5) is 0 Å². The zero-order valence-electron chi connectivity index (χ0n) is 17.5. The second-order valence-corrected chi connectivity index (χ2v) is 8.62. The Labute approximate surface area is 175 Å². The quantitative estimate of drug-likeness (QED) is 0.488. The van der Waals surface area contributed by atoms with Crippen LogP contribution >= 0.6 is 11.8 Å². The Bertz CT molecular complexity index is 1080. The van der Waals surface area contributed by atoms with Gasteiger partial charge in [0.15, 0.2) is 5.16 Å². The number of aryl methyl sites for hydroxylation is 2. The number of hydrogen-bond donors (Lipinski definition) is 1. The van der Waals surface area contributed by atoms with Crippen LogP contribution in [0.25, 0.3) is 16.6 Å². The van der Waals surface area contributed by atoms with Gasteiger partial charge in [0.25, 0.3) is 5.56 Å². The lowest BCUT2D eigenvalue weighted by atomic mass is 10.1. The minimum absolute atomic E-state index is 0.0633. The van der Waals surface area contributed by atoms with Crippen LogP contribution in [0, 0.1) is 19.8 Å². The topological polar surface area (TPSA) is 64.0 Å². The van der Waals surface area contributed by atoms with Crippen LogP contribution in [0.15, 0.2) is 52.4 Å². The molecule has 0 radical (unpaired) electrons. The third-order valence-corrected chi connectivity index (χ3v) is 6.07. The fraction of sp³-hybridized carbons (Fsp3) is 0.348. The SMILES string of the molecule is Cc1cccc(C)c1-n1c(SCC(=O)N[C@@H](C)C(C)C)nc2ccccc2c1=O. The summed E-state index contributed by atoms with van der Waals surface area (Å²) < 4.78 is 1.65. The Morgan fingerprint density at radius 1 is 1.07 bits per heavy atom. The number of carbonyl (C=O) groups excluding carboxylic acids is 1. The molecule has 5 nitrogen and oxygen atoms in total. The Morgan fingerprint density at radius 2 is 1.72 bits per heavy atom. The van der Waals surface area contributed by atoms with Crippen molar-refractivity contribution in [3.8, 4) is 5.69 Å². The molecule has 0 aliphatic carbocycles. The van der Waals surface area contributed by atoms with E-state index in [0.717, 1.165) is 16.8 Å². The monoisotopic (exact) mass is 409 g/mol. The molecule has 1 N–H and O–H groups in total. The number of para-hydroxylation sites is 2. The molecular formula is C23H27N3O2S. The molecule has 0 aliphatic rings. The summed E-state index contributed by atoms with van der Waals surface area (Å²) in [5, 5.41) is 4.10. The maximum Gasteiger partial charge on any atom is 0.266 e. The molecule has 0 aliphatic heterocycles. The van der Waals surface area contributed by atoms with Gasteiger partial charge in [-0.25, -0.2) is 4.98 Å². The summed E-state index contributed by atoms with van der Waals surface area (Å²) in [5.41, 5.74) is 3.33. The molecule has 6 heteroatoms. The van der Waals surface area contributed by atoms with E-state index in [9.17, 15) is 9.59 Å². The largest absolute Gasteiger partial charge is 0.353 e. The zero-order chi connectivity index (χ0) is 21.1. The smallest absolute Gasteiger partial charge is 0.266 e. The van der Waals surface area contributed by atoms with Crippen molar-refractivity contribution < 1.29 is 4.79 Å². The highest BCUT2D eigenvalue weighted by molar-refractivity contribution is 7.99. The van der Waals surface area contributed by atoms with E-state index in [1.807, 2.05) is 57.2 Å². The van der Waals surface area contributed by atoms with Crippen LogP contribution in [0.1, 0.15) is 31.9 Å². The number of nitrogens with one attached hydrogen (secondary N) is 1. The first-order chi connectivity index (χ1) is 13.8. The van der Waals surface area contributed by atoms with E-state index in [1.54, 1.807) is 10.6 Å². The highest BCUT2D eigenvalue weighted by Gasteiger charge is 2.18. The molecule has 0 spiro atoms. The van der Waals surface area contributed by atoms with Crippen molar-refractivity contribution in [2.45, 2.75) is 45.8 Å². The van der Waals surface area contributed by atoms with E-state index in [-0.39, 0.29) is 23.3 Å². The third-order valence-electron chi connectivity index (χ3n) is 5.13. The lowest BCUT2D eigenvalue weighted by Crippen LogP contribution is -2.37. The molecule has 3 rings (SSSR count). The van der Waals surface area contributed by atoms with Gasteiger partial charge in [0.1, 0.15) is 0 Å². The molecule has 1 amide bonds. The highest BCUT2D eigenvalue weighted by atomic mass is 32.2. The van der Waals surface area contributed by atoms with Crippen LogP contribution in [-0.2, 0) is 4.79 Å². The number of carbonyl (C=O) groups is 1. The second kappa shape index (κ2) is 8.82. The number of amides is 1. The Hall–Kier alpha value is -2.60. The molecular weight excluding hydrogens is 382 g/mol. The van der Waals surface area contributed by atoms with Gasteiger partial charge in [-0.2, -0.15) is 0 Å². The second-order valence-electron chi connectivity index (χ2n) is 7.68. The van der Waals surface area contributed by atoms with Gasteiger partial charge in [-0.3, -0.25) is 14.2 Å². The average Bonchev–Trinajstić information content (AvgIpc) is 2.68. The molecule has 0 saturated carbocycles. The van der Waals surface area contributed by atoms with E-state index in [4.69, 9.17) is 4.98 Å². The molecule has 2 aromatic carbocycles. The summed E-state index contributed by atoms with van der Waals surface area (Å²) in [6.45, 7) is 10.1. The fourth-order valence-electron chi connectivity index (χ4n) is 3.16. The Balaban J connectivity index is 2.06. The van der Waals surface area contributed by atoms with Crippen molar-refractivity contribution >= 4 is 28.6 Å². The molecule has 0 bridgehead atoms. The predicted molar refractivity (Wildman–Crippen MR) is 120 cm³/mol. The molecule has 0 fully saturated rings. The summed E-state index contributed by atoms with van der Waals surface area (Å²) in [5.74, 6) is 0.495. The number of thioether (sulfide) groups is 1. The van der Waals surface area contributed by atoms with Crippen molar-refractivity contribution in [2.24, 2.45) is 5.92 Å². The van der Waals surface area contributed by atoms with E-state index in [0.29, 0.717) is 22.0 Å². The fourth-order valence-corrected chi connectivity index (χ4v) is 3.97. The van der Waals surface area contributed by atoms with Crippen molar-refractivity contribution in [2.75, 3.05) is 5.75 Å². The van der Waals surface area contributed by atoms with Crippen molar-refractivity contribution in [1.29, 1.82) is 0 Å². The predicted octanol–water partition coefficient (Wildman–Crippen LogP) is 4.26. The number of aromatic nitrogens is 2. The van der Waals surface area contributed by atoms with Gasteiger partial charge in [-0.15, -0.1) is 0 Å². The van der Waals surface area contributed by atoms with Crippen molar-refractivity contribution in [3.05, 3.63) is 63.9 Å². The minimum atomic E-state index is -0.119. The van der Waals surface area contributed by atoms with Crippen molar-refractivity contribution in [1.82, 2.24) is 14.9 Å². The van der Waals surface area contributed by atoms with E-state index in [1.165, 1.54) is 11.8 Å². The first kappa shape index (κ1) is 21.1. The van der Waals surface area contributed by atoms with Crippen LogP contribution in [0.3, 0.4) is 0 Å². The van der Waals surface area contributed by atoms with Gasteiger partial charge in [0, 0.05) is 6.04 Å². The molecule has 0 saturated heterocycles. The molecule has 1 atom stereocenters. The molecule has 3 aromatic rings. The van der Waals surface area contributed by atoms with Gasteiger partial charge in [-0.05, 0) is 49.9 Å². The summed E-state index contributed by atoms with van der Waals surface area (Å²) in [6, 6.07) is 13.4. The lowest BCUT2D eigenvalue weighted by Gasteiger charge is -2.19. The molecule has 1 heterocycles. The third kappa shape index (κ3) is 4.53. The van der Waals surface area contributed by atoms with Crippen LogP contribution < -0.4 is 10.9 Å². The standard InChI is InChI=1S/C23H27N3O2S/c1-14(2)17(5)24-20(27)13-29-23-25-19-12-7-6-11-18(19)22(28)26(23)21-15(3)9-8-10-16(21)4/h6-12,14,17H,13H2,1-5H3,(H,24,27)/t17-/m0/s1. The van der Waals surface area contributed by atoms with Crippen molar-refractivity contribution in [3.63, 3.8) is 0 Å². The Morgan fingerprint density at radius 3 is 2.38 bits per heavy atom. The summed E-state index contributed by atoms with van der Waals surface area (Å²) in [6.07, 6.45) is 0. The first-order valence-electron chi connectivity index (χ1n) is 9.80. The number of hydrogen-bond acceptors (Lipinski definition) is 4. The van der Waals surface area contributed by atoms with Gasteiger partial charge < -0.3 is 5.32 Å². The summed E-state index contributed by atoms with van der Waals surface area (Å²) in [7, 11) is 0. The van der Waals surface area contributed by atoms with Crippen LogP contribution in [-0.4, -0.2) is 27.3 Å². The lowest BCUT2D eigenvalue weighted by molar-refractivity contribution is -0.119. The van der Waals surface area contributed by atoms with E-state index >= 15 is 0 Å². The molecule has 1 aromatic heterocycles. The minimum Gasteiger partial charge on any atom is -0.353 e. The molecule has 29 heavy (non-hydrogen) atoms. The average molecular weight is 410 g/mol. The summed E-state index contributed by atoms with van der Waals surface area (Å²) in [4.78, 5) is 30.5. The zero-order valence-corrected chi connectivity index (χ0v) is 18.3. The highest BCUT2D eigenvalue weighted by Crippen LogP contribution is 2.25. The van der Waals surface area contributed by atoms with Gasteiger partial charge in [0.05, 0.1) is 22.3 Å².